The third kappa shape index (κ3) is 4.66. The van der Waals surface area contributed by atoms with Gasteiger partial charge in [0.15, 0.2) is 0 Å². The molecule has 0 heterocycles. The predicted molar refractivity (Wildman–Crippen MR) is 71.6 cm³/mol. The monoisotopic (exact) mass is 240 g/mol. The third-order valence-electron chi connectivity index (χ3n) is 3.91. The van der Waals surface area contributed by atoms with Crippen LogP contribution in [-0.4, -0.2) is 19.0 Å². The fourth-order valence-electron chi connectivity index (χ4n) is 2.73. The smallest absolute Gasteiger partial charge is 0.224 e. The molecule has 0 saturated heterocycles. The second kappa shape index (κ2) is 6.39. The maximum atomic E-state index is 12.0. The highest BCUT2D eigenvalue weighted by atomic mass is 16.1. The average molecular weight is 240 g/mol. The molecule has 0 aromatic heterocycles. The molecule has 1 unspecified atom stereocenters. The van der Waals surface area contributed by atoms with Crippen molar-refractivity contribution in [2.45, 2.75) is 52.9 Å². The van der Waals surface area contributed by atoms with Crippen molar-refractivity contribution in [3.8, 4) is 0 Å². The molecule has 17 heavy (non-hydrogen) atoms. The van der Waals surface area contributed by atoms with Gasteiger partial charge in [0.2, 0.25) is 5.91 Å². The summed E-state index contributed by atoms with van der Waals surface area (Å²) in [6.07, 6.45) is 5.98. The zero-order valence-electron chi connectivity index (χ0n) is 11.6. The number of nitrogens with one attached hydrogen (secondary N) is 1. The van der Waals surface area contributed by atoms with Crippen molar-refractivity contribution in [2.24, 2.45) is 23.0 Å². The molecular formula is C14H28N2O. The first-order valence-electron chi connectivity index (χ1n) is 6.94. The SMILES string of the molecule is CC(C)CC(CN)C(=O)NCC1(C)CCCC1. The molecule has 1 aliphatic carbocycles. The maximum absolute atomic E-state index is 12.0. The zero-order valence-corrected chi connectivity index (χ0v) is 11.6. The quantitative estimate of drug-likeness (QED) is 0.748. The lowest BCUT2D eigenvalue weighted by Gasteiger charge is -2.25. The van der Waals surface area contributed by atoms with E-state index in [1.54, 1.807) is 0 Å². The van der Waals surface area contributed by atoms with Gasteiger partial charge in [0.25, 0.3) is 0 Å². The van der Waals surface area contributed by atoms with E-state index >= 15 is 0 Å². The van der Waals surface area contributed by atoms with Crippen LogP contribution >= 0.6 is 0 Å². The van der Waals surface area contributed by atoms with Gasteiger partial charge >= 0.3 is 0 Å². The molecule has 0 aliphatic heterocycles. The number of rotatable bonds is 6. The molecule has 1 saturated carbocycles. The third-order valence-corrected chi connectivity index (χ3v) is 3.91. The fraction of sp³-hybridized carbons (Fsp3) is 0.929. The number of hydrogen-bond donors (Lipinski definition) is 2. The van der Waals surface area contributed by atoms with Crippen LogP contribution in [0.15, 0.2) is 0 Å². The van der Waals surface area contributed by atoms with Gasteiger partial charge < -0.3 is 11.1 Å². The molecule has 1 aliphatic rings. The molecule has 3 nitrogen and oxygen atoms in total. The topological polar surface area (TPSA) is 55.1 Å². The summed E-state index contributed by atoms with van der Waals surface area (Å²) in [5, 5.41) is 3.10. The van der Waals surface area contributed by atoms with Gasteiger partial charge in [0.1, 0.15) is 0 Å². The molecule has 0 bridgehead atoms. The van der Waals surface area contributed by atoms with Crippen molar-refractivity contribution in [3.05, 3.63) is 0 Å². The molecule has 1 amide bonds. The van der Waals surface area contributed by atoms with E-state index in [1.165, 1.54) is 25.7 Å². The number of hydrogen-bond acceptors (Lipinski definition) is 2. The van der Waals surface area contributed by atoms with Gasteiger partial charge in [-0.1, -0.05) is 33.6 Å². The lowest BCUT2D eigenvalue weighted by atomic mass is 9.88. The molecule has 0 radical (unpaired) electrons. The van der Waals surface area contributed by atoms with Crippen molar-refractivity contribution in [1.82, 2.24) is 5.32 Å². The summed E-state index contributed by atoms with van der Waals surface area (Å²) in [7, 11) is 0. The Morgan fingerprint density at radius 2 is 1.94 bits per heavy atom. The minimum atomic E-state index is -0.0139. The summed E-state index contributed by atoms with van der Waals surface area (Å²) < 4.78 is 0. The number of amides is 1. The van der Waals surface area contributed by atoms with Gasteiger partial charge in [-0.2, -0.15) is 0 Å². The molecule has 1 rings (SSSR count). The zero-order chi connectivity index (χ0) is 12.9. The van der Waals surface area contributed by atoms with Crippen LogP contribution in [0.5, 0.6) is 0 Å². The molecule has 3 heteroatoms. The summed E-state index contributed by atoms with van der Waals surface area (Å²) in [6.45, 7) is 7.82. The molecule has 1 atom stereocenters. The lowest BCUT2D eigenvalue weighted by molar-refractivity contribution is -0.125. The Labute approximate surface area is 106 Å². The largest absolute Gasteiger partial charge is 0.355 e. The van der Waals surface area contributed by atoms with Crippen molar-refractivity contribution < 1.29 is 4.79 Å². The second-order valence-electron chi connectivity index (χ2n) is 6.30. The van der Waals surface area contributed by atoms with Gasteiger partial charge in [0, 0.05) is 13.1 Å². The van der Waals surface area contributed by atoms with Crippen LogP contribution in [0.3, 0.4) is 0 Å². The minimum Gasteiger partial charge on any atom is -0.355 e. The highest BCUT2D eigenvalue weighted by molar-refractivity contribution is 5.78. The maximum Gasteiger partial charge on any atom is 0.224 e. The highest BCUT2D eigenvalue weighted by Crippen LogP contribution is 2.36. The van der Waals surface area contributed by atoms with Crippen LogP contribution < -0.4 is 11.1 Å². The summed E-state index contributed by atoms with van der Waals surface area (Å²) in [6, 6.07) is 0. The highest BCUT2D eigenvalue weighted by Gasteiger charge is 2.29. The van der Waals surface area contributed by atoms with Crippen molar-refractivity contribution in [3.63, 3.8) is 0 Å². The van der Waals surface area contributed by atoms with Gasteiger partial charge in [-0.15, -0.1) is 0 Å². The molecular weight excluding hydrogens is 212 g/mol. The predicted octanol–water partition coefficient (Wildman–Crippen LogP) is 2.30. The van der Waals surface area contributed by atoms with Crippen LogP contribution in [0, 0.1) is 17.3 Å². The van der Waals surface area contributed by atoms with Crippen LogP contribution in [0.1, 0.15) is 52.9 Å². The first-order chi connectivity index (χ1) is 7.97. The van der Waals surface area contributed by atoms with E-state index in [-0.39, 0.29) is 11.8 Å². The Balaban J connectivity index is 2.36. The van der Waals surface area contributed by atoms with Crippen molar-refractivity contribution in [2.75, 3.05) is 13.1 Å². The van der Waals surface area contributed by atoms with E-state index < -0.39 is 0 Å². The summed E-state index contributed by atoms with van der Waals surface area (Å²) in [5.41, 5.74) is 6.00. The van der Waals surface area contributed by atoms with Crippen LogP contribution in [0.25, 0.3) is 0 Å². The normalized spacial score (nSPS) is 20.5. The second-order valence-corrected chi connectivity index (χ2v) is 6.30. The molecule has 0 aromatic rings. The van der Waals surface area contributed by atoms with E-state index in [0.717, 1.165) is 13.0 Å². The van der Waals surface area contributed by atoms with Crippen LogP contribution in [0.4, 0.5) is 0 Å². The Kier molecular flexibility index (Phi) is 5.44. The first kappa shape index (κ1) is 14.5. The molecule has 3 N–H and O–H groups in total. The van der Waals surface area contributed by atoms with Crippen LogP contribution in [-0.2, 0) is 4.79 Å². The van der Waals surface area contributed by atoms with E-state index in [2.05, 4.69) is 26.1 Å². The number of carbonyl (C=O) groups excluding carboxylic acids is 1. The fourth-order valence-corrected chi connectivity index (χ4v) is 2.73. The van der Waals surface area contributed by atoms with E-state index in [9.17, 15) is 4.79 Å². The van der Waals surface area contributed by atoms with Gasteiger partial charge in [-0.3, -0.25) is 4.79 Å². The summed E-state index contributed by atoms with van der Waals surface area (Å²) in [4.78, 5) is 12.0. The molecule has 1 fully saturated rings. The van der Waals surface area contributed by atoms with Gasteiger partial charge in [-0.25, -0.2) is 0 Å². The van der Waals surface area contributed by atoms with E-state index in [1.807, 2.05) is 0 Å². The van der Waals surface area contributed by atoms with Gasteiger partial charge in [-0.05, 0) is 30.6 Å². The van der Waals surface area contributed by atoms with E-state index in [0.29, 0.717) is 17.9 Å². The van der Waals surface area contributed by atoms with Crippen molar-refractivity contribution in [1.29, 1.82) is 0 Å². The van der Waals surface area contributed by atoms with Gasteiger partial charge in [0.05, 0.1) is 5.92 Å². The van der Waals surface area contributed by atoms with Crippen LogP contribution in [0.2, 0.25) is 0 Å². The molecule has 100 valence electrons. The summed E-state index contributed by atoms with van der Waals surface area (Å²) in [5.74, 6) is 0.658. The first-order valence-corrected chi connectivity index (χ1v) is 6.94. The minimum absolute atomic E-state index is 0.0139. The molecule has 0 aromatic carbocycles. The van der Waals surface area contributed by atoms with E-state index in [4.69, 9.17) is 5.73 Å². The Hall–Kier alpha value is -0.570. The Morgan fingerprint density at radius 1 is 1.35 bits per heavy atom. The number of nitrogens with two attached hydrogens (primary N) is 1. The number of carbonyl (C=O) groups is 1. The Bertz CT molecular complexity index is 245. The Morgan fingerprint density at radius 3 is 2.41 bits per heavy atom. The lowest BCUT2D eigenvalue weighted by Crippen LogP contribution is -2.40. The average Bonchev–Trinajstić information content (AvgIpc) is 2.70. The van der Waals surface area contributed by atoms with Crippen molar-refractivity contribution >= 4 is 5.91 Å². The standard InChI is InChI=1S/C14H28N2O/c1-11(2)8-12(9-15)13(17)16-10-14(3)6-4-5-7-14/h11-12H,4-10,15H2,1-3H3,(H,16,17). The summed E-state index contributed by atoms with van der Waals surface area (Å²) >= 11 is 0. The molecule has 0 spiro atoms.